The van der Waals surface area contributed by atoms with Gasteiger partial charge in [0.25, 0.3) is 0 Å². The molecule has 0 unspecified atom stereocenters. The van der Waals surface area contributed by atoms with Crippen molar-refractivity contribution < 1.29 is 14.3 Å². The lowest BCUT2D eigenvalue weighted by atomic mass is 10.1. The van der Waals surface area contributed by atoms with Gasteiger partial charge in [-0.1, -0.05) is 48.0 Å². The third kappa shape index (κ3) is 6.59. The number of carbonyl (C=O) groups is 2. The summed E-state index contributed by atoms with van der Waals surface area (Å²) in [5.74, 6) is 0.683. The lowest BCUT2D eigenvalue weighted by Gasteiger charge is -2.10. The standard InChI is InChI=1S/C21H26N2O3/c1-16-8-9-19(26-2)18(14-16)10-12-22-20(24)11-13-23-21(25)15-17-6-4-3-5-7-17/h3-9,14H,10-13,15H2,1-2H3,(H,22,24)(H,23,25). The number of rotatable bonds is 9. The van der Waals surface area contributed by atoms with Crippen LogP contribution >= 0.6 is 0 Å². The summed E-state index contributed by atoms with van der Waals surface area (Å²) in [6.07, 6.45) is 1.30. The van der Waals surface area contributed by atoms with Gasteiger partial charge in [0.05, 0.1) is 13.5 Å². The second kappa shape index (κ2) is 10.2. The van der Waals surface area contributed by atoms with Crippen LogP contribution in [-0.4, -0.2) is 32.0 Å². The Balaban J connectivity index is 1.65. The molecule has 2 rings (SSSR count). The highest BCUT2D eigenvalue weighted by Gasteiger charge is 2.07. The van der Waals surface area contributed by atoms with E-state index in [2.05, 4.69) is 16.7 Å². The quantitative estimate of drug-likeness (QED) is 0.727. The van der Waals surface area contributed by atoms with Crippen LogP contribution in [0.3, 0.4) is 0 Å². The predicted octanol–water partition coefficient (Wildman–Crippen LogP) is 2.41. The molecule has 0 fully saturated rings. The zero-order chi connectivity index (χ0) is 18.8. The minimum absolute atomic E-state index is 0.0726. The van der Waals surface area contributed by atoms with Gasteiger partial charge in [0.1, 0.15) is 5.75 Å². The van der Waals surface area contributed by atoms with Crippen molar-refractivity contribution in [2.24, 2.45) is 0 Å². The van der Waals surface area contributed by atoms with E-state index in [1.807, 2.05) is 49.4 Å². The van der Waals surface area contributed by atoms with Crippen molar-refractivity contribution in [1.82, 2.24) is 10.6 Å². The van der Waals surface area contributed by atoms with Crippen LogP contribution in [-0.2, 0) is 22.4 Å². The molecule has 2 aromatic carbocycles. The van der Waals surface area contributed by atoms with Crippen LogP contribution < -0.4 is 15.4 Å². The average molecular weight is 354 g/mol. The van der Waals surface area contributed by atoms with Gasteiger partial charge in [-0.2, -0.15) is 0 Å². The maximum Gasteiger partial charge on any atom is 0.224 e. The summed E-state index contributed by atoms with van der Waals surface area (Å²) in [5.41, 5.74) is 3.19. The molecule has 26 heavy (non-hydrogen) atoms. The summed E-state index contributed by atoms with van der Waals surface area (Å²) in [5, 5.41) is 5.66. The topological polar surface area (TPSA) is 67.4 Å². The van der Waals surface area contributed by atoms with Gasteiger partial charge in [0.2, 0.25) is 11.8 Å². The SMILES string of the molecule is COc1ccc(C)cc1CCNC(=O)CCNC(=O)Cc1ccccc1. The highest BCUT2D eigenvalue weighted by atomic mass is 16.5. The molecule has 0 aliphatic carbocycles. The Kier molecular flexibility index (Phi) is 7.68. The Hall–Kier alpha value is -2.82. The van der Waals surface area contributed by atoms with E-state index in [-0.39, 0.29) is 18.2 Å². The maximum atomic E-state index is 11.9. The molecule has 0 saturated heterocycles. The van der Waals surface area contributed by atoms with Gasteiger partial charge >= 0.3 is 0 Å². The summed E-state index contributed by atoms with van der Waals surface area (Å²) in [6, 6.07) is 15.5. The summed E-state index contributed by atoms with van der Waals surface area (Å²) < 4.78 is 5.34. The highest BCUT2D eigenvalue weighted by molar-refractivity contribution is 5.80. The smallest absolute Gasteiger partial charge is 0.224 e. The fourth-order valence-electron chi connectivity index (χ4n) is 2.69. The summed E-state index contributed by atoms with van der Waals surface area (Å²) in [6.45, 7) is 2.90. The minimum atomic E-state index is -0.0755. The summed E-state index contributed by atoms with van der Waals surface area (Å²) in [7, 11) is 1.64. The van der Waals surface area contributed by atoms with Crippen LogP contribution in [0.5, 0.6) is 5.75 Å². The van der Waals surface area contributed by atoms with E-state index in [4.69, 9.17) is 4.74 Å². The summed E-state index contributed by atoms with van der Waals surface area (Å²) in [4.78, 5) is 23.7. The van der Waals surface area contributed by atoms with Crippen LogP contribution in [0, 0.1) is 6.92 Å². The van der Waals surface area contributed by atoms with Crippen molar-refractivity contribution in [2.45, 2.75) is 26.2 Å². The molecule has 138 valence electrons. The molecule has 0 aromatic heterocycles. The Bertz CT molecular complexity index is 729. The average Bonchev–Trinajstić information content (AvgIpc) is 2.63. The van der Waals surface area contributed by atoms with Crippen LogP contribution in [0.2, 0.25) is 0 Å². The lowest BCUT2D eigenvalue weighted by Crippen LogP contribution is -2.32. The molecular formula is C21H26N2O3. The molecule has 0 heterocycles. The van der Waals surface area contributed by atoms with Crippen molar-refractivity contribution in [3.8, 4) is 5.75 Å². The molecule has 0 spiro atoms. The Morgan fingerprint density at radius 1 is 0.962 bits per heavy atom. The van der Waals surface area contributed by atoms with Crippen molar-refractivity contribution >= 4 is 11.8 Å². The molecule has 0 radical (unpaired) electrons. The zero-order valence-electron chi connectivity index (χ0n) is 15.4. The zero-order valence-corrected chi connectivity index (χ0v) is 15.4. The van der Waals surface area contributed by atoms with Crippen molar-refractivity contribution in [1.29, 1.82) is 0 Å². The number of ether oxygens (including phenoxy) is 1. The molecule has 5 heteroatoms. The first-order valence-electron chi connectivity index (χ1n) is 8.79. The molecule has 2 N–H and O–H groups in total. The Labute approximate surface area is 154 Å². The summed E-state index contributed by atoms with van der Waals surface area (Å²) >= 11 is 0. The Morgan fingerprint density at radius 2 is 1.69 bits per heavy atom. The van der Waals surface area contributed by atoms with Crippen LogP contribution in [0.15, 0.2) is 48.5 Å². The number of amides is 2. The van der Waals surface area contributed by atoms with E-state index in [1.54, 1.807) is 7.11 Å². The molecular weight excluding hydrogens is 328 g/mol. The first-order valence-corrected chi connectivity index (χ1v) is 8.79. The van der Waals surface area contributed by atoms with Crippen molar-refractivity contribution in [3.05, 3.63) is 65.2 Å². The molecule has 0 bridgehead atoms. The molecule has 2 amide bonds. The molecule has 2 aromatic rings. The van der Waals surface area contributed by atoms with Crippen LogP contribution in [0.4, 0.5) is 0 Å². The van der Waals surface area contributed by atoms with Crippen molar-refractivity contribution in [3.63, 3.8) is 0 Å². The Morgan fingerprint density at radius 3 is 2.42 bits per heavy atom. The van der Waals surface area contributed by atoms with Gasteiger partial charge in [-0.15, -0.1) is 0 Å². The normalized spacial score (nSPS) is 10.2. The highest BCUT2D eigenvalue weighted by Crippen LogP contribution is 2.19. The van der Waals surface area contributed by atoms with E-state index in [1.165, 1.54) is 0 Å². The second-order valence-electron chi connectivity index (χ2n) is 6.18. The van der Waals surface area contributed by atoms with Gasteiger partial charge in [0, 0.05) is 19.5 Å². The van der Waals surface area contributed by atoms with E-state index in [0.29, 0.717) is 25.9 Å². The van der Waals surface area contributed by atoms with E-state index in [0.717, 1.165) is 22.4 Å². The van der Waals surface area contributed by atoms with E-state index >= 15 is 0 Å². The number of hydrogen-bond donors (Lipinski definition) is 2. The maximum absolute atomic E-state index is 11.9. The molecule has 0 atom stereocenters. The van der Waals surface area contributed by atoms with Gasteiger partial charge < -0.3 is 15.4 Å². The largest absolute Gasteiger partial charge is 0.496 e. The van der Waals surface area contributed by atoms with E-state index in [9.17, 15) is 9.59 Å². The fraction of sp³-hybridized carbons (Fsp3) is 0.333. The minimum Gasteiger partial charge on any atom is -0.496 e. The van der Waals surface area contributed by atoms with Crippen LogP contribution in [0.25, 0.3) is 0 Å². The number of carbonyl (C=O) groups excluding carboxylic acids is 2. The number of methoxy groups -OCH3 is 1. The lowest BCUT2D eigenvalue weighted by molar-refractivity contribution is -0.122. The molecule has 0 aliphatic heterocycles. The third-order valence-electron chi connectivity index (χ3n) is 4.03. The van der Waals surface area contributed by atoms with Gasteiger partial charge in [0.15, 0.2) is 0 Å². The first kappa shape index (κ1) is 19.5. The molecule has 5 nitrogen and oxygen atoms in total. The van der Waals surface area contributed by atoms with Crippen molar-refractivity contribution in [2.75, 3.05) is 20.2 Å². The van der Waals surface area contributed by atoms with Gasteiger partial charge in [-0.05, 0) is 30.5 Å². The monoisotopic (exact) mass is 354 g/mol. The fourth-order valence-corrected chi connectivity index (χ4v) is 2.69. The van der Waals surface area contributed by atoms with Crippen LogP contribution in [0.1, 0.15) is 23.1 Å². The van der Waals surface area contributed by atoms with E-state index < -0.39 is 0 Å². The van der Waals surface area contributed by atoms with Gasteiger partial charge in [-0.3, -0.25) is 9.59 Å². The number of nitrogens with one attached hydrogen (secondary N) is 2. The number of aryl methyl sites for hydroxylation is 1. The third-order valence-corrected chi connectivity index (χ3v) is 4.03. The first-order chi connectivity index (χ1) is 12.6. The predicted molar refractivity (Wildman–Crippen MR) is 102 cm³/mol. The molecule has 0 aliphatic rings. The second-order valence-corrected chi connectivity index (χ2v) is 6.18. The number of hydrogen-bond acceptors (Lipinski definition) is 3. The number of benzene rings is 2. The van der Waals surface area contributed by atoms with Gasteiger partial charge in [-0.25, -0.2) is 0 Å². The molecule has 0 saturated carbocycles.